The van der Waals surface area contributed by atoms with Crippen LogP contribution in [-0.4, -0.2) is 62.8 Å². The predicted octanol–water partition coefficient (Wildman–Crippen LogP) is 2.52. The molecule has 176 valence electrons. The van der Waals surface area contributed by atoms with Gasteiger partial charge in [-0.25, -0.2) is 9.07 Å². The van der Waals surface area contributed by atoms with Crippen LogP contribution in [0, 0.1) is 12.7 Å². The quantitative estimate of drug-likeness (QED) is 0.594. The van der Waals surface area contributed by atoms with Gasteiger partial charge in [0.25, 0.3) is 5.91 Å². The Morgan fingerprint density at radius 1 is 1.00 bits per heavy atom. The average Bonchev–Trinajstić information content (AvgIpc) is 3.29. The molecule has 8 nitrogen and oxygen atoms in total. The first kappa shape index (κ1) is 22.2. The van der Waals surface area contributed by atoms with Crippen molar-refractivity contribution in [2.45, 2.75) is 32.6 Å². The van der Waals surface area contributed by atoms with Crippen LogP contribution in [0.5, 0.6) is 0 Å². The summed E-state index contributed by atoms with van der Waals surface area (Å²) in [6.45, 7) is 4.50. The number of hydrogen-bond donors (Lipinski definition) is 0. The van der Waals surface area contributed by atoms with Gasteiger partial charge in [-0.1, -0.05) is 47.2 Å². The van der Waals surface area contributed by atoms with Crippen molar-refractivity contribution >= 4 is 11.8 Å². The Hall–Kier alpha value is -3.59. The highest BCUT2D eigenvalue weighted by Crippen LogP contribution is 2.27. The summed E-state index contributed by atoms with van der Waals surface area (Å²) in [5.41, 5.74) is 3.93. The van der Waals surface area contributed by atoms with Gasteiger partial charge in [0.05, 0.1) is 25.3 Å². The number of piperazine rings is 1. The Bertz CT molecular complexity index is 1180. The van der Waals surface area contributed by atoms with E-state index < -0.39 is 0 Å². The second-order valence-electron chi connectivity index (χ2n) is 8.75. The zero-order valence-corrected chi connectivity index (χ0v) is 19.0. The van der Waals surface area contributed by atoms with Crippen LogP contribution in [0.25, 0.3) is 0 Å². The first-order chi connectivity index (χ1) is 16.5. The third-order valence-electron chi connectivity index (χ3n) is 6.44. The van der Waals surface area contributed by atoms with Gasteiger partial charge < -0.3 is 14.5 Å². The second kappa shape index (κ2) is 9.34. The fourth-order valence-electron chi connectivity index (χ4n) is 4.36. The molecule has 0 radical (unpaired) electrons. The molecule has 2 aliphatic rings. The second-order valence-corrected chi connectivity index (χ2v) is 8.75. The number of carbonyl (C=O) groups is 2. The number of benzene rings is 2. The molecule has 5 rings (SSSR count). The lowest BCUT2D eigenvalue weighted by Crippen LogP contribution is -2.51. The highest BCUT2D eigenvalue weighted by molar-refractivity contribution is 5.93. The smallest absolute Gasteiger partial charge is 0.276 e. The summed E-state index contributed by atoms with van der Waals surface area (Å²) in [4.78, 5) is 29.3. The minimum atomic E-state index is -0.300. The van der Waals surface area contributed by atoms with E-state index >= 15 is 0 Å². The zero-order chi connectivity index (χ0) is 23.7. The summed E-state index contributed by atoms with van der Waals surface area (Å²) in [5, 5.41) is 8.30. The molecular formula is C25H26FN5O3. The lowest BCUT2D eigenvalue weighted by atomic mass is 10.1. The van der Waals surface area contributed by atoms with Crippen molar-refractivity contribution in [2.24, 2.45) is 0 Å². The van der Waals surface area contributed by atoms with E-state index in [-0.39, 0.29) is 36.0 Å². The SMILES string of the molecule is Cc1ccc(CC(=O)N2CCN(C(=O)c3nnn4c3COC(c3ccc(F)cc3)C4)CC2)cc1. The van der Waals surface area contributed by atoms with Crippen LogP contribution in [0.2, 0.25) is 0 Å². The minimum absolute atomic E-state index is 0.0669. The third kappa shape index (κ3) is 4.56. The van der Waals surface area contributed by atoms with Gasteiger partial charge in [-0.15, -0.1) is 5.10 Å². The molecule has 34 heavy (non-hydrogen) atoms. The molecule has 0 spiro atoms. The van der Waals surface area contributed by atoms with Crippen molar-refractivity contribution < 1.29 is 18.7 Å². The number of rotatable bonds is 4. The molecule has 2 aliphatic heterocycles. The summed E-state index contributed by atoms with van der Waals surface area (Å²) in [6, 6.07) is 14.1. The normalized spacial score (nSPS) is 18.0. The monoisotopic (exact) mass is 463 g/mol. The molecule has 1 atom stereocenters. The van der Waals surface area contributed by atoms with Gasteiger partial charge in [-0.2, -0.15) is 0 Å². The van der Waals surface area contributed by atoms with Crippen LogP contribution in [0.3, 0.4) is 0 Å². The van der Waals surface area contributed by atoms with E-state index in [0.29, 0.717) is 44.8 Å². The van der Waals surface area contributed by atoms with Gasteiger partial charge in [0, 0.05) is 26.2 Å². The number of nitrogens with zero attached hydrogens (tertiary/aromatic N) is 5. The molecule has 0 bridgehead atoms. The standard InChI is InChI=1S/C25H26FN5O3/c1-17-2-4-18(5-3-17)14-23(32)29-10-12-30(13-11-29)25(33)24-21-16-34-22(15-31(21)28-27-24)19-6-8-20(26)9-7-19/h2-9,22H,10-16H2,1H3. The Labute approximate surface area is 196 Å². The van der Waals surface area contributed by atoms with Crippen LogP contribution in [0.4, 0.5) is 4.39 Å². The Morgan fingerprint density at radius 2 is 1.68 bits per heavy atom. The molecule has 0 N–H and O–H groups in total. The van der Waals surface area contributed by atoms with Gasteiger partial charge in [0.15, 0.2) is 5.69 Å². The number of fused-ring (bicyclic) bond motifs is 1. The largest absolute Gasteiger partial charge is 0.365 e. The third-order valence-corrected chi connectivity index (χ3v) is 6.44. The van der Waals surface area contributed by atoms with Crippen molar-refractivity contribution in [1.82, 2.24) is 24.8 Å². The maximum Gasteiger partial charge on any atom is 0.276 e. The summed E-state index contributed by atoms with van der Waals surface area (Å²) >= 11 is 0. The van der Waals surface area contributed by atoms with E-state index in [2.05, 4.69) is 10.3 Å². The predicted molar refractivity (Wildman–Crippen MR) is 121 cm³/mol. The topological polar surface area (TPSA) is 80.6 Å². The highest BCUT2D eigenvalue weighted by Gasteiger charge is 2.32. The molecule has 2 aromatic carbocycles. The summed E-state index contributed by atoms with van der Waals surface area (Å²) < 4.78 is 20.8. The molecular weight excluding hydrogens is 437 g/mol. The van der Waals surface area contributed by atoms with Crippen LogP contribution >= 0.6 is 0 Å². The molecule has 1 unspecified atom stereocenters. The van der Waals surface area contributed by atoms with Crippen LogP contribution in [0.15, 0.2) is 48.5 Å². The lowest BCUT2D eigenvalue weighted by Gasteiger charge is -2.34. The maximum absolute atomic E-state index is 13.2. The fraction of sp³-hybridized carbons (Fsp3) is 0.360. The maximum atomic E-state index is 13.2. The summed E-state index contributed by atoms with van der Waals surface area (Å²) in [6.07, 6.45) is 0.0834. The van der Waals surface area contributed by atoms with E-state index in [1.807, 2.05) is 31.2 Å². The molecule has 1 saturated heterocycles. The molecule has 0 aliphatic carbocycles. The van der Waals surface area contributed by atoms with Crippen LogP contribution in [0.1, 0.15) is 39.0 Å². The van der Waals surface area contributed by atoms with Crippen molar-refractivity contribution in [1.29, 1.82) is 0 Å². The first-order valence-electron chi connectivity index (χ1n) is 11.4. The molecule has 3 heterocycles. The lowest BCUT2D eigenvalue weighted by molar-refractivity contribution is -0.131. The first-order valence-corrected chi connectivity index (χ1v) is 11.4. The van der Waals surface area contributed by atoms with E-state index in [4.69, 9.17) is 4.74 Å². The number of amides is 2. The Balaban J connectivity index is 1.18. The Kier molecular flexibility index (Phi) is 6.10. The van der Waals surface area contributed by atoms with Crippen LogP contribution in [-0.2, 0) is 29.1 Å². The van der Waals surface area contributed by atoms with E-state index in [1.54, 1.807) is 26.6 Å². The van der Waals surface area contributed by atoms with E-state index in [1.165, 1.54) is 12.1 Å². The molecule has 2 amide bonds. The number of halogens is 1. The fourth-order valence-corrected chi connectivity index (χ4v) is 4.36. The molecule has 1 aromatic heterocycles. The molecule has 3 aromatic rings. The van der Waals surface area contributed by atoms with Crippen molar-refractivity contribution in [3.8, 4) is 0 Å². The number of aryl methyl sites for hydroxylation is 1. The summed E-state index contributed by atoms with van der Waals surface area (Å²) in [7, 11) is 0. The van der Waals surface area contributed by atoms with Gasteiger partial charge in [-0.05, 0) is 30.2 Å². The van der Waals surface area contributed by atoms with Crippen molar-refractivity contribution in [2.75, 3.05) is 26.2 Å². The molecule has 1 fully saturated rings. The van der Waals surface area contributed by atoms with Crippen LogP contribution < -0.4 is 0 Å². The van der Waals surface area contributed by atoms with E-state index in [9.17, 15) is 14.0 Å². The number of hydrogen-bond acceptors (Lipinski definition) is 5. The molecule has 0 saturated carbocycles. The van der Waals surface area contributed by atoms with Gasteiger partial charge in [0.1, 0.15) is 11.9 Å². The zero-order valence-electron chi connectivity index (χ0n) is 19.0. The highest BCUT2D eigenvalue weighted by atomic mass is 19.1. The van der Waals surface area contributed by atoms with Gasteiger partial charge in [-0.3, -0.25) is 9.59 Å². The molecule has 9 heteroatoms. The number of aromatic nitrogens is 3. The average molecular weight is 464 g/mol. The van der Waals surface area contributed by atoms with Gasteiger partial charge >= 0.3 is 0 Å². The number of carbonyl (C=O) groups excluding carboxylic acids is 2. The van der Waals surface area contributed by atoms with Crippen molar-refractivity contribution in [3.05, 3.63) is 82.4 Å². The minimum Gasteiger partial charge on any atom is -0.365 e. The van der Waals surface area contributed by atoms with E-state index in [0.717, 1.165) is 16.7 Å². The van der Waals surface area contributed by atoms with Crippen molar-refractivity contribution in [3.63, 3.8) is 0 Å². The summed E-state index contributed by atoms with van der Waals surface area (Å²) in [5.74, 6) is -0.432. The Morgan fingerprint density at radius 3 is 2.38 bits per heavy atom. The number of ether oxygens (including phenoxy) is 1. The van der Waals surface area contributed by atoms with Gasteiger partial charge in [0.2, 0.25) is 5.91 Å².